The first-order valence-electron chi connectivity index (χ1n) is 4.84. The molecule has 1 aromatic heterocycles. The molecule has 1 unspecified atom stereocenters. The Kier molecular flexibility index (Phi) is 3.16. The molecule has 4 heteroatoms. The van der Waals surface area contributed by atoms with Gasteiger partial charge in [0.1, 0.15) is 0 Å². The second-order valence-electron chi connectivity index (χ2n) is 3.42. The maximum absolute atomic E-state index is 4.07. The van der Waals surface area contributed by atoms with Crippen LogP contribution >= 0.6 is 15.9 Å². The maximum atomic E-state index is 4.07. The van der Waals surface area contributed by atoms with E-state index in [0.29, 0.717) is 0 Å². The summed E-state index contributed by atoms with van der Waals surface area (Å²) in [7, 11) is 0. The smallest absolute Gasteiger partial charge is 0.0736 e. The maximum Gasteiger partial charge on any atom is 0.0736 e. The van der Waals surface area contributed by atoms with Crippen LogP contribution in [0.4, 0.5) is 0 Å². The summed E-state index contributed by atoms with van der Waals surface area (Å²) in [5, 5.41) is 7.99. The highest BCUT2D eigenvalue weighted by Crippen LogP contribution is 2.20. The molecule has 0 aliphatic rings. The fourth-order valence-electron chi connectivity index (χ4n) is 1.45. The first kappa shape index (κ1) is 10.4. The SMILES string of the molecule is CC(Br)c1cnnn1Cc1ccccc1. The Morgan fingerprint density at radius 1 is 1.33 bits per heavy atom. The monoisotopic (exact) mass is 265 g/mol. The highest BCUT2D eigenvalue weighted by Gasteiger charge is 2.08. The molecular formula is C11H12BrN3. The molecule has 0 aliphatic carbocycles. The lowest BCUT2D eigenvalue weighted by Gasteiger charge is -2.07. The van der Waals surface area contributed by atoms with Gasteiger partial charge in [0.15, 0.2) is 0 Å². The van der Waals surface area contributed by atoms with E-state index < -0.39 is 0 Å². The summed E-state index contributed by atoms with van der Waals surface area (Å²) in [4.78, 5) is 0.274. The lowest BCUT2D eigenvalue weighted by Crippen LogP contribution is -2.06. The van der Waals surface area contributed by atoms with Crippen LogP contribution in [0.5, 0.6) is 0 Å². The van der Waals surface area contributed by atoms with E-state index in [1.54, 1.807) is 6.20 Å². The van der Waals surface area contributed by atoms with Crippen LogP contribution in [0.15, 0.2) is 36.5 Å². The Morgan fingerprint density at radius 3 is 2.73 bits per heavy atom. The predicted octanol–water partition coefficient (Wildman–Crippen LogP) is 2.78. The first-order chi connectivity index (χ1) is 7.27. The molecule has 0 fully saturated rings. The molecule has 0 N–H and O–H groups in total. The Hall–Kier alpha value is -1.16. The molecule has 1 heterocycles. The molecule has 1 aromatic carbocycles. The van der Waals surface area contributed by atoms with Crippen LogP contribution in [-0.4, -0.2) is 15.0 Å². The predicted molar refractivity (Wildman–Crippen MR) is 62.9 cm³/mol. The zero-order valence-electron chi connectivity index (χ0n) is 8.47. The molecule has 2 aromatic rings. The average molecular weight is 266 g/mol. The number of alkyl halides is 1. The van der Waals surface area contributed by atoms with Gasteiger partial charge < -0.3 is 0 Å². The Bertz CT molecular complexity index is 422. The van der Waals surface area contributed by atoms with Crippen LogP contribution in [-0.2, 0) is 6.54 Å². The molecule has 0 radical (unpaired) electrons. The molecule has 78 valence electrons. The normalized spacial score (nSPS) is 12.7. The van der Waals surface area contributed by atoms with Gasteiger partial charge in [-0.2, -0.15) is 0 Å². The van der Waals surface area contributed by atoms with Crippen LogP contribution in [0.2, 0.25) is 0 Å². The molecule has 3 nitrogen and oxygen atoms in total. The van der Waals surface area contributed by atoms with Crippen molar-refractivity contribution in [2.24, 2.45) is 0 Å². The fraction of sp³-hybridized carbons (Fsp3) is 0.273. The van der Waals surface area contributed by atoms with Gasteiger partial charge in [0.25, 0.3) is 0 Å². The van der Waals surface area contributed by atoms with E-state index in [1.807, 2.05) is 22.9 Å². The minimum Gasteiger partial charge on any atom is -0.244 e. The van der Waals surface area contributed by atoms with Crippen LogP contribution in [0.1, 0.15) is 23.0 Å². The topological polar surface area (TPSA) is 30.7 Å². The van der Waals surface area contributed by atoms with Crippen molar-refractivity contribution in [3.05, 3.63) is 47.8 Å². The van der Waals surface area contributed by atoms with Gasteiger partial charge in [-0.3, -0.25) is 0 Å². The summed E-state index contributed by atoms with van der Waals surface area (Å²) in [6, 6.07) is 10.3. The minimum absolute atomic E-state index is 0.274. The number of rotatable bonds is 3. The molecule has 1 atom stereocenters. The van der Waals surface area contributed by atoms with Crippen LogP contribution in [0.3, 0.4) is 0 Å². The van der Waals surface area contributed by atoms with E-state index in [9.17, 15) is 0 Å². The lowest BCUT2D eigenvalue weighted by atomic mass is 10.2. The highest BCUT2D eigenvalue weighted by molar-refractivity contribution is 9.09. The Balaban J connectivity index is 2.21. The van der Waals surface area contributed by atoms with E-state index in [0.717, 1.165) is 12.2 Å². The molecule has 2 rings (SSSR count). The van der Waals surface area contributed by atoms with E-state index in [1.165, 1.54) is 5.56 Å². The van der Waals surface area contributed by atoms with E-state index in [4.69, 9.17) is 0 Å². The Labute approximate surface area is 97.2 Å². The van der Waals surface area contributed by atoms with E-state index >= 15 is 0 Å². The van der Waals surface area contributed by atoms with Crippen molar-refractivity contribution in [3.63, 3.8) is 0 Å². The van der Waals surface area contributed by atoms with Crippen molar-refractivity contribution in [3.8, 4) is 0 Å². The zero-order valence-corrected chi connectivity index (χ0v) is 10.1. The molecule has 15 heavy (non-hydrogen) atoms. The Morgan fingerprint density at radius 2 is 2.07 bits per heavy atom. The van der Waals surface area contributed by atoms with E-state index in [2.05, 4.69) is 45.3 Å². The summed E-state index contributed by atoms with van der Waals surface area (Å²) in [5.74, 6) is 0. The molecule has 0 spiro atoms. The first-order valence-corrected chi connectivity index (χ1v) is 5.75. The molecule has 0 bridgehead atoms. The summed E-state index contributed by atoms with van der Waals surface area (Å²) >= 11 is 3.53. The van der Waals surface area contributed by atoms with Gasteiger partial charge in [-0.05, 0) is 12.5 Å². The fourth-order valence-corrected chi connectivity index (χ4v) is 1.81. The van der Waals surface area contributed by atoms with Crippen molar-refractivity contribution in [1.82, 2.24) is 15.0 Å². The zero-order chi connectivity index (χ0) is 10.7. The van der Waals surface area contributed by atoms with Gasteiger partial charge in [0.05, 0.1) is 23.3 Å². The molecule has 0 amide bonds. The van der Waals surface area contributed by atoms with Crippen molar-refractivity contribution in [2.45, 2.75) is 18.3 Å². The average Bonchev–Trinajstić information content (AvgIpc) is 2.67. The third kappa shape index (κ3) is 2.45. The largest absolute Gasteiger partial charge is 0.244 e. The van der Waals surface area contributed by atoms with Gasteiger partial charge in [-0.15, -0.1) is 5.10 Å². The van der Waals surface area contributed by atoms with Crippen LogP contribution in [0.25, 0.3) is 0 Å². The molecule has 0 saturated carbocycles. The lowest BCUT2D eigenvalue weighted by molar-refractivity contribution is 0.621. The summed E-state index contributed by atoms with van der Waals surface area (Å²) in [5.41, 5.74) is 2.33. The van der Waals surface area contributed by atoms with Crippen LogP contribution < -0.4 is 0 Å². The number of halogens is 1. The summed E-state index contributed by atoms with van der Waals surface area (Å²) < 4.78 is 1.91. The van der Waals surface area contributed by atoms with Gasteiger partial charge in [-0.25, -0.2) is 4.68 Å². The standard InChI is InChI=1S/C11H12BrN3/c1-9(12)11-7-13-14-15(11)8-10-5-3-2-4-6-10/h2-7,9H,8H2,1H3. The number of aromatic nitrogens is 3. The molecular weight excluding hydrogens is 254 g/mol. The quantitative estimate of drug-likeness (QED) is 0.800. The highest BCUT2D eigenvalue weighted by atomic mass is 79.9. The van der Waals surface area contributed by atoms with E-state index in [-0.39, 0.29) is 4.83 Å². The second kappa shape index (κ2) is 4.57. The van der Waals surface area contributed by atoms with Crippen molar-refractivity contribution < 1.29 is 0 Å². The van der Waals surface area contributed by atoms with Crippen molar-refractivity contribution in [2.75, 3.05) is 0 Å². The van der Waals surface area contributed by atoms with Gasteiger partial charge in [-0.1, -0.05) is 51.5 Å². The number of hydrogen-bond donors (Lipinski definition) is 0. The third-order valence-electron chi connectivity index (χ3n) is 2.23. The number of benzene rings is 1. The minimum atomic E-state index is 0.274. The second-order valence-corrected chi connectivity index (χ2v) is 4.79. The summed E-state index contributed by atoms with van der Waals surface area (Å²) in [6.07, 6.45) is 1.79. The molecule has 0 aliphatic heterocycles. The van der Waals surface area contributed by atoms with Crippen molar-refractivity contribution in [1.29, 1.82) is 0 Å². The van der Waals surface area contributed by atoms with Gasteiger partial charge in [0.2, 0.25) is 0 Å². The molecule has 0 saturated heterocycles. The van der Waals surface area contributed by atoms with Gasteiger partial charge in [0, 0.05) is 0 Å². The van der Waals surface area contributed by atoms with Gasteiger partial charge >= 0.3 is 0 Å². The van der Waals surface area contributed by atoms with Crippen molar-refractivity contribution >= 4 is 15.9 Å². The summed E-state index contributed by atoms with van der Waals surface area (Å²) in [6.45, 7) is 2.84. The third-order valence-corrected chi connectivity index (χ3v) is 2.70. The van der Waals surface area contributed by atoms with Crippen LogP contribution in [0, 0.1) is 0 Å². The number of nitrogens with zero attached hydrogens (tertiary/aromatic N) is 3. The number of hydrogen-bond acceptors (Lipinski definition) is 2.